The van der Waals surface area contributed by atoms with Crippen molar-refractivity contribution in [1.82, 2.24) is 4.90 Å². The molecular weight excluding hydrogens is 330 g/mol. The molecule has 144 valence electrons. The van der Waals surface area contributed by atoms with Crippen molar-refractivity contribution in [3.8, 4) is 0 Å². The molecule has 2 nitrogen and oxygen atoms in total. The van der Waals surface area contributed by atoms with Gasteiger partial charge in [-0.05, 0) is 49.9 Å². The van der Waals surface area contributed by atoms with Gasteiger partial charge in [0.1, 0.15) is 0 Å². The van der Waals surface area contributed by atoms with E-state index in [9.17, 15) is 0 Å². The Hall–Kier alpha value is -2.16. The summed E-state index contributed by atoms with van der Waals surface area (Å²) in [5.74, 6) is 0. The summed E-state index contributed by atoms with van der Waals surface area (Å²) in [4.78, 5) is 2.45. The van der Waals surface area contributed by atoms with Crippen molar-refractivity contribution in [2.24, 2.45) is 0 Å². The number of ether oxygens (including phenoxy) is 1. The molecular formula is C25H33NO. The first-order valence-corrected chi connectivity index (χ1v) is 9.62. The number of hydrogen-bond acceptors (Lipinski definition) is 2. The van der Waals surface area contributed by atoms with Gasteiger partial charge in [0.05, 0.1) is 11.7 Å². The van der Waals surface area contributed by atoms with Crippen LogP contribution in [0, 0.1) is 0 Å². The lowest BCUT2D eigenvalue weighted by atomic mass is 10.1. The number of hydrogen-bond donors (Lipinski definition) is 0. The van der Waals surface area contributed by atoms with Crippen LogP contribution in [0.3, 0.4) is 0 Å². The van der Waals surface area contributed by atoms with Crippen molar-refractivity contribution in [1.29, 1.82) is 0 Å². The van der Waals surface area contributed by atoms with Gasteiger partial charge < -0.3 is 4.74 Å². The Morgan fingerprint density at radius 1 is 0.852 bits per heavy atom. The highest BCUT2D eigenvalue weighted by atomic mass is 16.5. The summed E-state index contributed by atoms with van der Waals surface area (Å²) < 4.78 is 6.15. The molecule has 0 heterocycles. The Morgan fingerprint density at radius 2 is 1.26 bits per heavy atom. The van der Waals surface area contributed by atoms with Crippen LogP contribution in [0.5, 0.6) is 0 Å². The van der Waals surface area contributed by atoms with E-state index in [1.54, 1.807) is 0 Å². The third-order valence-corrected chi connectivity index (χ3v) is 4.31. The summed E-state index contributed by atoms with van der Waals surface area (Å²) in [6.45, 7) is 18.8. The third-order valence-electron chi connectivity index (χ3n) is 4.31. The summed E-state index contributed by atoms with van der Waals surface area (Å²) in [5.41, 5.74) is 4.75. The molecule has 2 rings (SSSR count). The van der Waals surface area contributed by atoms with Crippen LogP contribution in [0.4, 0.5) is 0 Å². The summed E-state index contributed by atoms with van der Waals surface area (Å²) in [6, 6.07) is 17.2. The number of rotatable bonds is 9. The molecule has 0 aromatic heterocycles. The van der Waals surface area contributed by atoms with Crippen LogP contribution in [0.2, 0.25) is 0 Å². The largest absolute Gasteiger partial charge is 0.372 e. The second kappa shape index (κ2) is 9.68. The molecule has 1 atom stereocenters. The van der Waals surface area contributed by atoms with E-state index in [-0.39, 0.29) is 11.7 Å². The maximum atomic E-state index is 6.15. The van der Waals surface area contributed by atoms with E-state index in [0.29, 0.717) is 0 Å². The first-order valence-electron chi connectivity index (χ1n) is 9.62. The van der Waals surface area contributed by atoms with Crippen LogP contribution >= 0.6 is 0 Å². The molecule has 0 aliphatic rings. The molecule has 2 aromatic rings. The normalized spacial score (nSPS) is 12.8. The van der Waals surface area contributed by atoms with Crippen molar-refractivity contribution < 1.29 is 4.74 Å². The fraction of sp³-hybridized carbons (Fsp3) is 0.360. The van der Waals surface area contributed by atoms with Gasteiger partial charge in [0.25, 0.3) is 0 Å². The topological polar surface area (TPSA) is 12.5 Å². The molecule has 0 bridgehead atoms. The van der Waals surface area contributed by atoms with E-state index in [1.165, 1.54) is 11.1 Å². The highest BCUT2D eigenvalue weighted by Crippen LogP contribution is 2.17. The monoisotopic (exact) mass is 363 g/mol. The molecule has 0 amide bonds. The van der Waals surface area contributed by atoms with E-state index < -0.39 is 0 Å². The molecule has 1 unspecified atom stereocenters. The Kier molecular flexibility index (Phi) is 7.58. The minimum absolute atomic E-state index is 0.137. The Balaban J connectivity index is 2.12. The van der Waals surface area contributed by atoms with Crippen LogP contribution in [-0.4, -0.2) is 23.1 Å². The van der Waals surface area contributed by atoms with Gasteiger partial charge in [-0.25, -0.2) is 0 Å². The first kappa shape index (κ1) is 21.1. The van der Waals surface area contributed by atoms with E-state index in [1.807, 2.05) is 12.2 Å². The molecule has 2 heteroatoms. The van der Waals surface area contributed by atoms with Gasteiger partial charge in [-0.3, -0.25) is 4.90 Å². The second-order valence-electron chi connectivity index (χ2n) is 8.10. The molecule has 0 spiro atoms. The lowest BCUT2D eigenvalue weighted by Gasteiger charge is -2.30. The Morgan fingerprint density at radius 3 is 1.59 bits per heavy atom. The fourth-order valence-corrected chi connectivity index (χ4v) is 3.22. The summed E-state index contributed by atoms with van der Waals surface area (Å²) >= 11 is 0. The van der Waals surface area contributed by atoms with Gasteiger partial charge in [-0.1, -0.05) is 73.8 Å². The van der Waals surface area contributed by atoms with Gasteiger partial charge >= 0.3 is 0 Å². The summed E-state index contributed by atoms with van der Waals surface area (Å²) in [6.07, 6.45) is 3.91. The van der Waals surface area contributed by atoms with E-state index in [0.717, 1.165) is 30.8 Å². The third kappa shape index (κ3) is 7.54. The van der Waals surface area contributed by atoms with E-state index in [4.69, 9.17) is 4.74 Å². The SMILES string of the molecule is C=Cc1ccc(CN(Cc2ccc(C=C)cc2)CC(C)OC(C)(C)C)cc1. The molecule has 0 aliphatic carbocycles. The van der Waals surface area contributed by atoms with Crippen molar-refractivity contribution in [2.75, 3.05) is 6.54 Å². The summed E-state index contributed by atoms with van der Waals surface area (Å²) in [5, 5.41) is 0. The van der Waals surface area contributed by atoms with Crippen molar-refractivity contribution in [2.45, 2.75) is 52.5 Å². The summed E-state index contributed by atoms with van der Waals surface area (Å²) in [7, 11) is 0. The predicted octanol–water partition coefficient (Wildman–Crippen LogP) is 6.18. The average Bonchev–Trinajstić information content (AvgIpc) is 2.61. The minimum Gasteiger partial charge on any atom is -0.372 e. The minimum atomic E-state index is -0.137. The van der Waals surface area contributed by atoms with Gasteiger partial charge in [-0.2, -0.15) is 0 Å². The molecule has 0 saturated heterocycles. The molecule has 27 heavy (non-hydrogen) atoms. The molecule has 2 aromatic carbocycles. The fourth-order valence-electron chi connectivity index (χ4n) is 3.22. The Bertz CT molecular complexity index is 669. The predicted molar refractivity (Wildman–Crippen MR) is 117 cm³/mol. The standard InChI is InChI=1S/C25H33NO/c1-7-21-9-13-23(14-10-21)18-26(17-20(3)27-25(4,5)6)19-24-15-11-22(8-2)12-16-24/h7-16,20H,1-2,17-19H2,3-6H3. The molecule has 0 N–H and O–H groups in total. The van der Waals surface area contributed by atoms with Crippen LogP contribution in [0.1, 0.15) is 49.9 Å². The van der Waals surface area contributed by atoms with Crippen LogP contribution in [0.15, 0.2) is 61.7 Å². The van der Waals surface area contributed by atoms with Gasteiger partial charge in [0.15, 0.2) is 0 Å². The van der Waals surface area contributed by atoms with E-state index in [2.05, 4.69) is 94.3 Å². The molecule has 0 saturated carbocycles. The Labute approximate surface area is 165 Å². The maximum Gasteiger partial charge on any atom is 0.0681 e. The smallest absolute Gasteiger partial charge is 0.0681 e. The molecule has 0 aliphatic heterocycles. The van der Waals surface area contributed by atoms with Gasteiger partial charge in [-0.15, -0.1) is 0 Å². The number of nitrogens with zero attached hydrogens (tertiary/aromatic N) is 1. The first-order chi connectivity index (χ1) is 12.8. The van der Waals surface area contributed by atoms with E-state index >= 15 is 0 Å². The quantitative estimate of drug-likeness (QED) is 0.527. The molecule has 0 fully saturated rings. The van der Waals surface area contributed by atoms with Crippen molar-refractivity contribution in [3.63, 3.8) is 0 Å². The highest BCUT2D eigenvalue weighted by molar-refractivity contribution is 5.47. The lowest BCUT2D eigenvalue weighted by molar-refractivity contribution is -0.0646. The maximum absolute atomic E-state index is 6.15. The average molecular weight is 364 g/mol. The van der Waals surface area contributed by atoms with Crippen molar-refractivity contribution in [3.05, 3.63) is 83.9 Å². The lowest BCUT2D eigenvalue weighted by Crippen LogP contribution is -2.36. The second-order valence-corrected chi connectivity index (χ2v) is 8.10. The van der Waals surface area contributed by atoms with Crippen LogP contribution in [0.25, 0.3) is 12.2 Å². The van der Waals surface area contributed by atoms with Gasteiger partial charge in [0, 0.05) is 19.6 Å². The number of benzene rings is 2. The zero-order valence-corrected chi connectivity index (χ0v) is 17.2. The van der Waals surface area contributed by atoms with Crippen molar-refractivity contribution >= 4 is 12.2 Å². The van der Waals surface area contributed by atoms with Crippen LogP contribution in [-0.2, 0) is 17.8 Å². The van der Waals surface area contributed by atoms with Crippen LogP contribution < -0.4 is 0 Å². The molecule has 0 radical (unpaired) electrons. The zero-order valence-electron chi connectivity index (χ0n) is 17.2. The zero-order chi connectivity index (χ0) is 19.9. The van der Waals surface area contributed by atoms with Gasteiger partial charge in [0.2, 0.25) is 0 Å². The highest BCUT2D eigenvalue weighted by Gasteiger charge is 2.18.